The van der Waals surface area contributed by atoms with Crippen LogP contribution < -0.4 is 10.1 Å². The highest BCUT2D eigenvalue weighted by Crippen LogP contribution is 2.13. The normalized spacial score (nSPS) is 10.5. The van der Waals surface area contributed by atoms with Gasteiger partial charge in [-0.25, -0.2) is 14.8 Å². The molecule has 1 aromatic carbocycles. The number of carboxylic acid groups (broad SMARTS) is 1. The van der Waals surface area contributed by atoms with Crippen molar-refractivity contribution in [2.24, 2.45) is 5.92 Å². The predicted molar refractivity (Wildman–Crippen MR) is 91.8 cm³/mol. The van der Waals surface area contributed by atoms with E-state index in [-0.39, 0.29) is 17.3 Å². The fraction of sp³-hybridized carbons (Fsp3) is 0.333. The van der Waals surface area contributed by atoms with Crippen LogP contribution in [0.4, 0.5) is 0 Å². The number of rotatable bonds is 8. The average molecular weight is 343 g/mol. The number of hydrogen-bond acceptors (Lipinski definition) is 5. The molecule has 2 aromatic rings. The Bertz CT molecular complexity index is 712. The minimum atomic E-state index is -1.18. The van der Waals surface area contributed by atoms with Crippen molar-refractivity contribution in [1.82, 2.24) is 15.3 Å². The molecular weight excluding hydrogens is 322 g/mol. The highest BCUT2D eigenvalue weighted by molar-refractivity contribution is 5.92. The van der Waals surface area contributed by atoms with Crippen LogP contribution in [0, 0.1) is 5.92 Å². The first-order valence-electron chi connectivity index (χ1n) is 8.01. The van der Waals surface area contributed by atoms with Gasteiger partial charge in [0, 0.05) is 6.54 Å². The van der Waals surface area contributed by atoms with Crippen molar-refractivity contribution in [1.29, 1.82) is 0 Å². The molecule has 1 heterocycles. The van der Waals surface area contributed by atoms with E-state index >= 15 is 0 Å². The van der Waals surface area contributed by atoms with E-state index in [4.69, 9.17) is 9.84 Å². The maximum Gasteiger partial charge on any atom is 0.356 e. The summed E-state index contributed by atoms with van der Waals surface area (Å²) in [4.78, 5) is 30.1. The van der Waals surface area contributed by atoms with Gasteiger partial charge in [-0.05, 0) is 30.0 Å². The van der Waals surface area contributed by atoms with Crippen molar-refractivity contribution in [2.75, 3.05) is 13.2 Å². The Labute approximate surface area is 146 Å². The lowest BCUT2D eigenvalue weighted by Crippen LogP contribution is -2.26. The Balaban J connectivity index is 1.79. The van der Waals surface area contributed by atoms with Crippen LogP contribution >= 0.6 is 0 Å². The molecule has 2 N–H and O–H groups in total. The molecule has 0 spiro atoms. The summed E-state index contributed by atoms with van der Waals surface area (Å²) in [6, 6.07) is 7.75. The van der Waals surface area contributed by atoms with Crippen molar-refractivity contribution in [3.8, 4) is 5.75 Å². The second-order valence-corrected chi connectivity index (χ2v) is 5.95. The number of hydrogen-bond donors (Lipinski definition) is 2. The molecule has 1 amide bonds. The Morgan fingerprint density at radius 3 is 2.32 bits per heavy atom. The Morgan fingerprint density at radius 1 is 1.12 bits per heavy atom. The van der Waals surface area contributed by atoms with E-state index in [0.717, 1.165) is 23.7 Å². The highest BCUT2D eigenvalue weighted by atomic mass is 16.5. The van der Waals surface area contributed by atoms with Gasteiger partial charge in [0.2, 0.25) is 0 Å². The van der Waals surface area contributed by atoms with Gasteiger partial charge in [0.05, 0.1) is 19.0 Å². The largest absolute Gasteiger partial charge is 0.493 e. The number of carboxylic acids is 1. The standard InChI is InChI=1S/C18H21N3O4/c1-12(2)11-25-14-5-3-13(4-6-14)7-8-19-17(22)15-9-21-16(10-20-15)18(23)24/h3-6,9-10,12H,7-8,11H2,1-2H3,(H,19,22)(H,23,24). The summed E-state index contributed by atoms with van der Waals surface area (Å²) in [6.07, 6.45) is 2.88. The van der Waals surface area contributed by atoms with Gasteiger partial charge < -0.3 is 15.2 Å². The van der Waals surface area contributed by atoms with Gasteiger partial charge >= 0.3 is 5.97 Å². The van der Waals surface area contributed by atoms with Crippen LogP contribution in [-0.4, -0.2) is 40.1 Å². The molecule has 0 aliphatic carbocycles. The lowest BCUT2D eigenvalue weighted by atomic mass is 10.1. The highest BCUT2D eigenvalue weighted by Gasteiger charge is 2.10. The Hall–Kier alpha value is -2.96. The van der Waals surface area contributed by atoms with E-state index in [1.807, 2.05) is 24.3 Å². The van der Waals surface area contributed by atoms with Crippen LogP contribution in [-0.2, 0) is 6.42 Å². The number of carbonyl (C=O) groups is 2. The summed E-state index contributed by atoms with van der Waals surface area (Å²) in [7, 11) is 0. The van der Waals surface area contributed by atoms with E-state index in [0.29, 0.717) is 25.5 Å². The average Bonchev–Trinajstić information content (AvgIpc) is 2.61. The first-order valence-corrected chi connectivity index (χ1v) is 8.01. The predicted octanol–water partition coefficient (Wildman–Crippen LogP) is 2.18. The van der Waals surface area contributed by atoms with Crippen LogP contribution in [0.25, 0.3) is 0 Å². The quantitative estimate of drug-likeness (QED) is 0.762. The maximum atomic E-state index is 11.9. The third-order valence-corrected chi connectivity index (χ3v) is 3.31. The van der Waals surface area contributed by atoms with Gasteiger partial charge in [-0.2, -0.15) is 0 Å². The zero-order valence-electron chi connectivity index (χ0n) is 14.2. The maximum absolute atomic E-state index is 11.9. The van der Waals surface area contributed by atoms with Crippen molar-refractivity contribution in [3.05, 3.63) is 53.6 Å². The molecule has 1 aromatic heterocycles. The van der Waals surface area contributed by atoms with Gasteiger partial charge in [0.1, 0.15) is 11.4 Å². The number of nitrogens with one attached hydrogen (secondary N) is 1. The van der Waals surface area contributed by atoms with Crippen molar-refractivity contribution in [3.63, 3.8) is 0 Å². The van der Waals surface area contributed by atoms with Crippen molar-refractivity contribution >= 4 is 11.9 Å². The molecule has 0 radical (unpaired) electrons. The number of aromatic nitrogens is 2. The monoisotopic (exact) mass is 343 g/mol. The van der Waals surface area contributed by atoms with Crippen molar-refractivity contribution < 1.29 is 19.4 Å². The molecule has 132 valence electrons. The van der Waals surface area contributed by atoms with Crippen LogP contribution in [0.1, 0.15) is 40.4 Å². The number of ether oxygens (including phenoxy) is 1. The minimum Gasteiger partial charge on any atom is -0.493 e. The summed E-state index contributed by atoms with van der Waals surface area (Å²) in [5, 5.41) is 11.5. The SMILES string of the molecule is CC(C)COc1ccc(CCNC(=O)c2cnc(C(=O)O)cn2)cc1. The summed E-state index contributed by atoms with van der Waals surface area (Å²) in [5.41, 5.74) is 0.961. The molecule has 7 nitrogen and oxygen atoms in total. The summed E-state index contributed by atoms with van der Waals surface area (Å²) >= 11 is 0. The second kappa shape index (κ2) is 8.77. The third kappa shape index (κ3) is 5.87. The molecule has 2 rings (SSSR count). The Morgan fingerprint density at radius 2 is 1.76 bits per heavy atom. The van der Waals surface area contributed by atoms with Crippen molar-refractivity contribution in [2.45, 2.75) is 20.3 Å². The van der Waals surface area contributed by atoms with Gasteiger partial charge in [-0.3, -0.25) is 4.79 Å². The first kappa shape index (κ1) is 18.4. The minimum absolute atomic E-state index is 0.0856. The molecule has 0 bridgehead atoms. The van der Waals surface area contributed by atoms with Crippen LogP contribution in [0.15, 0.2) is 36.7 Å². The van der Waals surface area contributed by atoms with Crippen LogP contribution in [0.2, 0.25) is 0 Å². The molecule has 0 saturated heterocycles. The summed E-state index contributed by atoms with van der Waals surface area (Å²) < 4.78 is 5.62. The van der Waals surface area contributed by atoms with Gasteiger partial charge in [0.15, 0.2) is 5.69 Å². The topological polar surface area (TPSA) is 101 Å². The number of amides is 1. The van der Waals surface area contributed by atoms with Gasteiger partial charge in [-0.1, -0.05) is 26.0 Å². The molecule has 25 heavy (non-hydrogen) atoms. The summed E-state index contributed by atoms with van der Waals surface area (Å²) in [5.74, 6) is -0.264. The fourth-order valence-corrected chi connectivity index (χ4v) is 1.98. The zero-order chi connectivity index (χ0) is 18.2. The molecule has 0 atom stereocenters. The number of benzene rings is 1. The van der Waals surface area contributed by atoms with Gasteiger partial charge in [0.25, 0.3) is 5.91 Å². The molecule has 0 unspecified atom stereocenters. The molecule has 7 heteroatoms. The smallest absolute Gasteiger partial charge is 0.356 e. The van der Waals surface area contributed by atoms with E-state index in [9.17, 15) is 9.59 Å². The zero-order valence-corrected chi connectivity index (χ0v) is 14.2. The van der Waals surface area contributed by atoms with E-state index in [1.165, 1.54) is 0 Å². The third-order valence-electron chi connectivity index (χ3n) is 3.31. The van der Waals surface area contributed by atoms with E-state index < -0.39 is 5.97 Å². The van der Waals surface area contributed by atoms with E-state index in [1.54, 1.807) is 0 Å². The molecular formula is C18H21N3O4. The number of carbonyl (C=O) groups excluding carboxylic acids is 1. The molecule has 0 fully saturated rings. The number of aromatic carboxylic acids is 1. The first-order chi connectivity index (χ1) is 12.0. The fourth-order valence-electron chi connectivity index (χ4n) is 1.98. The van der Waals surface area contributed by atoms with E-state index in [2.05, 4.69) is 29.1 Å². The van der Waals surface area contributed by atoms with Crippen LogP contribution in [0.3, 0.4) is 0 Å². The second-order valence-electron chi connectivity index (χ2n) is 5.95. The lowest BCUT2D eigenvalue weighted by Gasteiger charge is -2.09. The molecule has 0 aliphatic heterocycles. The van der Waals surface area contributed by atoms with Crippen LogP contribution in [0.5, 0.6) is 5.75 Å². The lowest BCUT2D eigenvalue weighted by molar-refractivity contribution is 0.0689. The summed E-state index contributed by atoms with van der Waals surface area (Å²) in [6.45, 7) is 5.30. The molecule has 0 aliphatic rings. The number of nitrogens with zero attached hydrogens (tertiary/aromatic N) is 2. The van der Waals surface area contributed by atoms with Gasteiger partial charge in [-0.15, -0.1) is 0 Å². The molecule has 0 saturated carbocycles. The Kier molecular flexibility index (Phi) is 6.45.